The quantitative estimate of drug-likeness (QED) is 0.589. The highest BCUT2D eigenvalue weighted by molar-refractivity contribution is 5.90. The standard InChI is InChI=1S/C11H14N2/c1-11(2)12-8-9-6-4-5-7-10(9)13(11)3/h4-8H,1-3H3. The van der Waals surface area contributed by atoms with Crippen LogP contribution in [0.4, 0.5) is 5.69 Å². The lowest BCUT2D eigenvalue weighted by Crippen LogP contribution is -2.42. The number of benzene rings is 1. The topological polar surface area (TPSA) is 15.6 Å². The summed E-state index contributed by atoms with van der Waals surface area (Å²) in [5, 5.41) is 0. The smallest absolute Gasteiger partial charge is 0.126 e. The summed E-state index contributed by atoms with van der Waals surface area (Å²) in [4.78, 5) is 6.68. The monoisotopic (exact) mass is 174 g/mol. The second-order valence-corrected chi connectivity index (χ2v) is 3.87. The summed E-state index contributed by atoms with van der Waals surface area (Å²) >= 11 is 0. The zero-order valence-electron chi connectivity index (χ0n) is 8.28. The van der Waals surface area contributed by atoms with Crippen LogP contribution in [-0.2, 0) is 0 Å². The molecule has 1 aliphatic heterocycles. The molecule has 0 aromatic heterocycles. The number of para-hydroxylation sites is 1. The third-order valence-electron chi connectivity index (χ3n) is 2.64. The molecule has 0 fully saturated rings. The molecule has 2 heteroatoms. The van der Waals surface area contributed by atoms with Crippen LogP contribution in [0, 0.1) is 0 Å². The van der Waals surface area contributed by atoms with Gasteiger partial charge in [0, 0.05) is 24.5 Å². The van der Waals surface area contributed by atoms with Gasteiger partial charge >= 0.3 is 0 Å². The Hall–Kier alpha value is -1.31. The number of fused-ring (bicyclic) bond motifs is 1. The highest BCUT2D eigenvalue weighted by atomic mass is 15.3. The molecule has 0 bridgehead atoms. The van der Waals surface area contributed by atoms with Crippen LogP contribution in [0.3, 0.4) is 0 Å². The Morgan fingerprint density at radius 2 is 1.92 bits per heavy atom. The van der Waals surface area contributed by atoms with Crippen LogP contribution in [0.1, 0.15) is 19.4 Å². The van der Waals surface area contributed by atoms with Gasteiger partial charge < -0.3 is 4.90 Å². The molecular formula is C11H14N2. The summed E-state index contributed by atoms with van der Waals surface area (Å²) in [7, 11) is 2.08. The van der Waals surface area contributed by atoms with Gasteiger partial charge in [-0.3, -0.25) is 4.99 Å². The van der Waals surface area contributed by atoms with E-state index < -0.39 is 0 Å². The van der Waals surface area contributed by atoms with Crippen LogP contribution in [0.5, 0.6) is 0 Å². The molecule has 0 saturated carbocycles. The molecule has 1 heterocycles. The van der Waals surface area contributed by atoms with Gasteiger partial charge in [-0.2, -0.15) is 0 Å². The summed E-state index contributed by atoms with van der Waals surface area (Å²) in [5.74, 6) is 0. The van der Waals surface area contributed by atoms with Crippen LogP contribution in [-0.4, -0.2) is 18.9 Å². The lowest BCUT2D eigenvalue weighted by atomic mass is 10.1. The largest absolute Gasteiger partial charge is 0.350 e. The van der Waals surface area contributed by atoms with Crippen molar-refractivity contribution in [1.82, 2.24) is 0 Å². The molecule has 0 saturated heterocycles. The second kappa shape index (κ2) is 2.59. The van der Waals surface area contributed by atoms with Crippen molar-refractivity contribution in [3.05, 3.63) is 29.8 Å². The molecular weight excluding hydrogens is 160 g/mol. The van der Waals surface area contributed by atoms with E-state index in [-0.39, 0.29) is 5.66 Å². The lowest BCUT2D eigenvalue weighted by molar-refractivity contribution is 0.510. The number of rotatable bonds is 0. The van der Waals surface area contributed by atoms with E-state index in [1.807, 2.05) is 12.3 Å². The number of hydrogen-bond acceptors (Lipinski definition) is 2. The molecule has 0 atom stereocenters. The van der Waals surface area contributed by atoms with Gasteiger partial charge in [-0.05, 0) is 19.9 Å². The predicted octanol–water partition coefficient (Wildman–Crippen LogP) is 2.29. The van der Waals surface area contributed by atoms with Crippen molar-refractivity contribution in [2.75, 3.05) is 11.9 Å². The minimum Gasteiger partial charge on any atom is -0.350 e. The van der Waals surface area contributed by atoms with Gasteiger partial charge in [0.05, 0.1) is 0 Å². The SMILES string of the molecule is CN1c2ccccc2C=NC1(C)C. The Bertz CT molecular complexity index is 353. The molecule has 0 aliphatic carbocycles. The van der Waals surface area contributed by atoms with Crippen molar-refractivity contribution in [3.8, 4) is 0 Å². The summed E-state index contributed by atoms with van der Waals surface area (Å²) in [6.07, 6.45) is 1.95. The molecule has 13 heavy (non-hydrogen) atoms. The Morgan fingerprint density at radius 3 is 2.69 bits per heavy atom. The fraction of sp³-hybridized carbons (Fsp3) is 0.364. The maximum absolute atomic E-state index is 4.49. The highest BCUT2D eigenvalue weighted by Crippen LogP contribution is 2.29. The normalized spacial score (nSPS) is 18.5. The lowest BCUT2D eigenvalue weighted by Gasteiger charge is -2.37. The van der Waals surface area contributed by atoms with Crippen LogP contribution in [0.2, 0.25) is 0 Å². The molecule has 68 valence electrons. The molecule has 0 radical (unpaired) electrons. The Kier molecular flexibility index (Phi) is 1.65. The van der Waals surface area contributed by atoms with E-state index >= 15 is 0 Å². The van der Waals surface area contributed by atoms with Gasteiger partial charge in [-0.25, -0.2) is 0 Å². The zero-order chi connectivity index (χ0) is 9.47. The Morgan fingerprint density at radius 1 is 1.23 bits per heavy atom. The van der Waals surface area contributed by atoms with Crippen molar-refractivity contribution in [2.45, 2.75) is 19.5 Å². The third kappa shape index (κ3) is 1.22. The van der Waals surface area contributed by atoms with Crippen LogP contribution in [0.25, 0.3) is 0 Å². The fourth-order valence-electron chi connectivity index (χ4n) is 1.51. The molecule has 0 unspecified atom stereocenters. The Balaban J connectivity index is 2.55. The van der Waals surface area contributed by atoms with Crippen LogP contribution < -0.4 is 4.90 Å². The molecule has 2 rings (SSSR count). The van der Waals surface area contributed by atoms with Crippen molar-refractivity contribution in [2.24, 2.45) is 4.99 Å². The fourth-order valence-corrected chi connectivity index (χ4v) is 1.51. The van der Waals surface area contributed by atoms with Gasteiger partial charge in [-0.15, -0.1) is 0 Å². The van der Waals surface area contributed by atoms with Crippen molar-refractivity contribution in [3.63, 3.8) is 0 Å². The first-order valence-electron chi connectivity index (χ1n) is 4.49. The van der Waals surface area contributed by atoms with Gasteiger partial charge in [0.2, 0.25) is 0 Å². The minimum absolute atomic E-state index is 0.117. The molecule has 1 aliphatic rings. The molecule has 0 spiro atoms. The average Bonchev–Trinajstić information content (AvgIpc) is 2.13. The van der Waals surface area contributed by atoms with E-state index in [9.17, 15) is 0 Å². The second-order valence-electron chi connectivity index (χ2n) is 3.87. The molecule has 1 aromatic rings. The minimum atomic E-state index is -0.117. The van der Waals surface area contributed by atoms with Crippen LogP contribution in [0.15, 0.2) is 29.3 Å². The molecule has 2 nitrogen and oxygen atoms in total. The Labute approximate surface area is 78.9 Å². The van der Waals surface area contributed by atoms with E-state index in [0.29, 0.717) is 0 Å². The van der Waals surface area contributed by atoms with Crippen LogP contribution >= 0.6 is 0 Å². The summed E-state index contributed by atoms with van der Waals surface area (Å²) in [5.41, 5.74) is 2.33. The van der Waals surface area contributed by atoms with Crippen molar-refractivity contribution < 1.29 is 0 Å². The van der Waals surface area contributed by atoms with Gasteiger partial charge in [0.15, 0.2) is 0 Å². The van der Waals surface area contributed by atoms with Gasteiger partial charge in [0.1, 0.15) is 5.66 Å². The third-order valence-corrected chi connectivity index (χ3v) is 2.64. The number of hydrogen-bond donors (Lipinski definition) is 0. The first-order chi connectivity index (χ1) is 6.11. The average molecular weight is 174 g/mol. The number of aliphatic imine (C=N–C) groups is 1. The van der Waals surface area contributed by atoms with E-state index in [1.165, 1.54) is 11.3 Å². The maximum atomic E-state index is 4.49. The number of nitrogens with zero attached hydrogens (tertiary/aromatic N) is 2. The van der Waals surface area contributed by atoms with Gasteiger partial charge in [0.25, 0.3) is 0 Å². The summed E-state index contributed by atoms with van der Waals surface area (Å²) in [6, 6.07) is 8.31. The summed E-state index contributed by atoms with van der Waals surface area (Å²) < 4.78 is 0. The number of anilines is 1. The molecule has 0 N–H and O–H groups in total. The van der Waals surface area contributed by atoms with E-state index in [4.69, 9.17) is 0 Å². The van der Waals surface area contributed by atoms with Crippen molar-refractivity contribution >= 4 is 11.9 Å². The summed E-state index contributed by atoms with van der Waals surface area (Å²) in [6.45, 7) is 4.22. The maximum Gasteiger partial charge on any atom is 0.126 e. The zero-order valence-corrected chi connectivity index (χ0v) is 8.28. The van der Waals surface area contributed by atoms with Gasteiger partial charge in [-0.1, -0.05) is 18.2 Å². The first-order valence-corrected chi connectivity index (χ1v) is 4.49. The van der Waals surface area contributed by atoms with E-state index in [2.05, 4.69) is 49.0 Å². The van der Waals surface area contributed by atoms with E-state index in [0.717, 1.165) is 0 Å². The highest BCUT2D eigenvalue weighted by Gasteiger charge is 2.26. The predicted molar refractivity (Wildman–Crippen MR) is 56.5 cm³/mol. The van der Waals surface area contributed by atoms with Crippen molar-refractivity contribution in [1.29, 1.82) is 0 Å². The molecule has 1 aromatic carbocycles. The molecule has 0 amide bonds. The first kappa shape index (κ1) is 8.30. The van der Waals surface area contributed by atoms with E-state index in [1.54, 1.807) is 0 Å².